The van der Waals surface area contributed by atoms with Crippen molar-refractivity contribution in [2.24, 2.45) is 0 Å². The molecule has 3 rings (SSSR count). The van der Waals surface area contributed by atoms with Crippen molar-refractivity contribution in [1.82, 2.24) is 9.55 Å². The largest absolute Gasteiger partial charge is 0.287 e. The monoisotopic (exact) mass is 354 g/mol. The number of nitrogens with zero attached hydrogens (tertiary/aromatic N) is 2. The van der Waals surface area contributed by atoms with Gasteiger partial charge < -0.3 is 0 Å². The van der Waals surface area contributed by atoms with Crippen LogP contribution in [0, 0.1) is 26.6 Å². The Morgan fingerprint density at radius 2 is 1.84 bits per heavy atom. The highest BCUT2D eigenvalue weighted by molar-refractivity contribution is 7.98. The first-order chi connectivity index (χ1) is 12.0. The molecule has 0 aliphatic rings. The topological polar surface area (TPSA) is 34.9 Å². The molecule has 0 atom stereocenters. The van der Waals surface area contributed by atoms with Gasteiger partial charge in [0.1, 0.15) is 5.82 Å². The summed E-state index contributed by atoms with van der Waals surface area (Å²) in [6.45, 7) is 5.80. The number of thioether (sulfide) groups is 1. The maximum Gasteiger partial charge on any atom is 0.287 e. The van der Waals surface area contributed by atoms with Crippen LogP contribution < -0.4 is 5.56 Å². The molecular weight excluding hydrogens is 335 g/mol. The Labute approximate surface area is 150 Å². The lowest BCUT2D eigenvalue weighted by atomic mass is 10.1. The molecule has 128 valence electrons. The van der Waals surface area contributed by atoms with Crippen LogP contribution in [0.2, 0.25) is 0 Å². The van der Waals surface area contributed by atoms with E-state index in [1.54, 1.807) is 31.5 Å². The van der Waals surface area contributed by atoms with Gasteiger partial charge in [-0.2, -0.15) is 0 Å². The molecule has 0 saturated carbocycles. The van der Waals surface area contributed by atoms with Gasteiger partial charge in [-0.1, -0.05) is 41.6 Å². The van der Waals surface area contributed by atoms with E-state index in [9.17, 15) is 9.18 Å². The zero-order chi connectivity index (χ0) is 18.0. The summed E-state index contributed by atoms with van der Waals surface area (Å²) in [5.41, 5.74) is 4.38. The molecule has 0 saturated heterocycles. The molecule has 0 amide bonds. The van der Waals surface area contributed by atoms with Gasteiger partial charge in [-0.15, -0.1) is 0 Å². The molecule has 0 bridgehead atoms. The summed E-state index contributed by atoms with van der Waals surface area (Å²) in [6, 6.07) is 11.1. The first-order valence-corrected chi connectivity index (χ1v) is 8.97. The van der Waals surface area contributed by atoms with Crippen molar-refractivity contribution in [3.05, 3.63) is 87.2 Å². The maximum atomic E-state index is 13.8. The summed E-state index contributed by atoms with van der Waals surface area (Å²) in [7, 11) is 0. The van der Waals surface area contributed by atoms with Crippen LogP contribution in [0.15, 0.2) is 58.6 Å². The minimum absolute atomic E-state index is 0.235. The first kappa shape index (κ1) is 17.4. The van der Waals surface area contributed by atoms with Crippen molar-refractivity contribution in [3.63, 3.8) is 0 Å². The standard InChI is InChI=1S/C20H19FN2OS/c1-13-4-5-14(2)16(10-13)12-25-19-20(24)23(9-8-22-19)17-7-6-15(3)18(21)11-17/h4-11H,12H2,1-3H3. The van der Waals surface area contributed by atoms with Crippen molar-refractivity contribution in [1.29, 1.82) is 0 Å². The van der Waals surface area contributed by atoms with E-state index in [2.05, 4.69) is 30.1 Å². The van der Waals surface area contributed by atoms with E-state index in [0.717, 1.165) is 0 Å². The van der Waals surface area contributed by atoms with Crippen molar-refractivity contribution in [2.45, 2.75) is 31.6 Å². The number of halogens is 1. The zero-order valence-corrected chi connectivity index (χ0v) is 15.2. The van der Waals surface area contributed by atoms with Crippen molar-refractivity contribution < 1.29 is 4.39 Å². The molecule has 1 aromatic heterocycles. The van der Waals surface area contributed by atoms with Crippen LogP contribution >= 0.6 is 11.8 Å². The fraction of sp³-hybridized carbons (Fsp3) is 0.200. The summed E-state index contributed by atoms with van der Waals surface area (Å²) >= 11 is 1.40. The van der Waals surface area contributed by atoms with E-state index >= 15 is 0 Å². The smallest absolute Gasteiger partial charge is 0.280 e. The van der Waals surface area contributed by atoms with Gasteiger partial charge in [-0.05, 0) is 49.6 Å². The van der Waals surface area contributed by atoms with Crippen molar-refractivity contribution in [2.75, 3.05) is 0 Å². The Bertz CT molecular complexity index is 982. The molecule has 2 aromatic carbocycles. The van der Waals surface area contributed by atoms with Gasteiger partial charge in [0, 0.05) is 18.1 Å². The molecular formula is C20H19FN2OS. The molecule has 0 aliphatic carbocycles. The van der Waals surface area contributed by atoms with Crippen LogP contribution in [0.1, 0.15) is 22.3 Å². The molecule has 0 N–H and O–H groups in total. The van der Waals surface area contributed by atoms with Gasteiger partial charge in [0.25, 0.3) is 5.56 Å². The molecule has 5 heteroatoms. The number of hydrogen-bond acceptors (Lipinski definition) is 3. The minimum Gasteiger partial charge on any atom is -0.280 e. The lowest BCUT2D eigenvalue weighted by Crippen LogP contribution is -2.20. The average Bonchev–Trinajstić information content (AvgIpc) is 2.59. The van der Waals surface area contributed by atoms with Crippen LogP contribution in [0.3, 0.4) is 0 Å². The molecule has 0 spiro atoms. The summed E-state index contributed by atoms with van der Waals surface area (Å²) in [5.74, 6) is 0.341. The van der Waals surface area contributed by atoms with Crippen LogP contribution in [-0.4, -0.2) is 9.55 Å². The first-order valence-electron chi connectivity index (χ1n) is 7.99. The van der Waals surface area contributed by atoms with Crippen LogP contribution in [-0.2, 0) is 5.75 Å². The summed E-state index contributed by atoms with van der Waals surface area (Å²) in [4.78, 5) is 16.9. The Morgan fingerprint density at radius 1 is 1.08 bits per heavy atom. The normalized spacial score (nSPS) is 10.9. The van der Waals surface area contributed by atoms with Gasteiger partial charge in [-0.3, -0.25) is 9.36 Å². The fourth-order valence-electron chi connectivity index (χ4n) is 2.53. The van der Waals surface area contributed by atoms with Gasteiger partial charge in [0.05, 0.1) is 5.69 Å². The Kier molecular flexibility index (Phi) is 5.04. The molecule has 0 unspecified atom stereocenters. The SMILES string of the molecule is Cc1ccc(C)c(CSc2nccn(-c3ccc(C)c(F)c3)c2=O)c1. The molecule has 0 aliphatic heterocycles. The van der Waals surface area contributed by atoms with Crippen LogP contribution in [0.5, 0.6) is 0 Å². The van der Waals surface area contributed by atoms with E-state index in [-0.39, 0.29) is 11.4 Å². The number of aryl methyl sites for hydroxylation is 3. The number of benzene rings is 2. The number of rotatable bonds is 4. The molecule has 0 fully saturated rings. The molecule has 0 radical (unpaired) electrons. The van der Waals surface area contributed by atoms with Crippen molar-refractivity contribution >= 4 is 11.8 Å². The minimum atomic E-state index is -0.328. The lowest BCUT2D eigenvalue weighted by Gasteiger charge is -2.09. The van der Waals surface area contributed by atoms with E-state index < -0.39 is 0 Å². The molecule has 3 aromatic rings. The predicted molar refractivity (Wildman–Crippen MR) is 100 cm³/mol. The molecule has 25 heavy (non-hydrogen) atoms. The fourth-order valence-corrected chi connectivity index (χ4v) is 3.49. The summed E-state index contributed by atoms with van der Waals surface area (Å²) in [6.07, 6.45) is 3.14. The van der Waals surface area contributed by atoms with Gasteiger partial charge >= 0.3 is 0 Å². The van der Waals surface area contributed by atoms with Gasteiger partial charge in [-0.25, -0.2) is 9.37 Å². The van der Waals surface area contributed by atoms with Gasteiger partial charge in [0.2, 0.25) is 0 Å². The highest BCUT2D eigenvalue weighted by Crippen LogP contribution is 2.22. The van der Waals surface area contributed by atoms with E-state index in [1.165, 1.54) is 39.1 Å². The Balaban J connectivity index is 1.90. The predicted octanol–water partition coefficient (Wildman–Crippen LogP) is 4.59. The summed E-state index contributed by atoms with van der Waals surface area (Å²) in [5, 5.41) is 0.407. The van der Waals surface area contributed by atoms with E-state index in [4.69, 9.17) is 0 Å². The third-order valence-corrected chi connectivity index (χ3v) is 5.12. The Hall–Kier alpha value is -2.40. The van der Waals surface area contributed by atoms with Crippen LogP contribution in [0.4, 0.5) is 4.39 Å². The van der Waals surface area contributed by atoms with E-state index in [1.807, 2.05) is 6.92 Å². The second-order valence-corrected chi connectivity index (χ2v) is 7.02. The van der Waals surface area contributed by atoms with E-state index in [0.29, 0.717) is 22.0 Å². The van der Waals surface area contributed by atoms with Crippen molar-refractivity contribution in [3.8, 4) is 5.69 Å². The Morgan fingerprint density at radius 3 is 2.60 bits per heavy atom. The average molecular weight is 354 g/mol. The highest BCUT2D eigenvalue weighted by Gasteiger charge is 2.10. The quantitative estimate of drug-likeness (QED) is 0.643. The second-order valence-electron chi connectivity index (χ2n) is 6.06. The second kappa shape index (κ2) is 7.23. The highest BCUT2D eigenvalue weighted by atomic mass is 32.2. The third kappa shape index (κ3) is 3.82. The zero-order valence-electron chi connectivity index (χ0n) is 14.4. The van der Waals surface area contributed by atoms with Crippen LogP contribution in [0.25, 0.3) is 5.69 Å². The molecule has 3 nitrogen and oxygen atoms in total. The molecule has 1 heterocycles. The number of hydrogen-bond donors (Lipinski definition) is 0. The van der Waals surface area contributed by atoms with Gasteiger partial charge in [0.15, 0.2) is 5.03 Å². The third-order valence-electron chi connectivity index (χ3n) is 4.11. The summed E-state index contributed by atoms with van der Waals surface area (Å²) < 4.78 is 15.2. The lowest BCUT2D eigenvalue weighted by molar-refractivity contribution is 0.616. The maximum absolute atomic E-state index is 13.8. The number of aromatic nitrogens is 2.